The van der Waals surface area contributed by atoms with Crippen molar-refractivity contribution in [3.8, 4) is 22.6 Å². The summed E-state index contributed by atoms with van der Waals surface area (Å²) in [7, 11) is 0. The van der Waals surface area contributed by atoms with Gasteiger partial charge in [0.25, 0.3) is 0 Å². The van der Waals surface area contributed by atoms with Gasteiger partial charge in [-0.15, -0.1) is 0 Å². The molecule has 0 spiro atoms. The summed E-state index contributed by atoms with van der Waals surface area (Å²) < 4.78 is 8.03. The Bertz CT molecular complexity index is 1100. The zero-order valence-electron chi connectivity index (χ0n) is 15.5. The first-order chi connectivity index (χ1) is 13.8. The van der Waals surface area contributed by atoms with Crippen LogP contribution in [0.5, 0.6) is 11.5 Å². The van der Waals surface area contributed by atoms with Crippen LogP contribution in [0.25, 0.3) is 22.2 Å². The van der Waals surface area contributed by atoms with E-state index < -0.39 is 0 Å². The van der Waals surface area contributed by atoms with Gasteiger partial charge in [-0.3, -0.25) is 0 Å². The van der Waals surface area contributed by atoms with Crippen molar-refractivity contribution in [2.45, 2.75) is 12.8 Å². The first-order valence-corrected chi connectivity index (χ1v) is 9.50. The highest BCUT2D eigenvalue weighted by atomic mass is 16.5. The molecular formula is C22H21N5O. The van der Waals surface area contributed by atoms with Crippen LogP contribution in [-0.2, 0) is 0 Å². The van der Waals surface area contributed by atoms with Crippen molar-refractivity contribution in [1.82, 2.24) is 14.6 Å². The standard InChI is InChI=1S/C22H21N5O/c23-21-20-19(14-27(22(20)25-15-24-21)26-12-4-5-13-26)16-8-10-18(11-9-16)28-17-6-2-1-3-7-17/h1-3,6-11,14-15H,4-5,12-13H2,(H2,23,24,25). The highest BCUT2D eigenvalue weighted by Crippen LogP contribution is 2.34. The topological polar surface area (TPSA) is 69.2 Å². The summed E-state index contributed by atoms with van der Waals surface area (Å²) in [5.41, 5.74) is 9.18. The summed E-state index contributed by atoms with van der Waals surface area (Å²) >= 11 is 0. The molecule has 4 aromatic rings. The molecule has 28 heavy (non-hydrogen) atoms. The number of hydrogen-bond acceptors (Lipinski definition) is 5. The Morgan fingerprint density at radius 2 is 1.57 bits per heavy atom. The van der Waals surface area contributed by atoms with Crippen LogP contribution in [0.3, 0.4) is 0 Å². The molecule has 0 atom stereocenters. The Balaban J connectivity index is 1.53. The fourth-order valence-corrected chi connectivity index (χ4v) is 3.75. The van der Waals surface area contributed by atoms with Crippen molar-refractivity contribution in [3.63, 3.8) is 0 Å². The third kappa shape index (κ3) is 2.93. The van der Waals surface area contributed by atoms with Crippen molar-refractivity contribution in [2.75, 3.05) is 23.8 Å². The van der Waals surface area contributed by atoms with E-state index >= 15 is 0 Å². The zero-order chi connectivity index (χ0) is 18.9. The minimum atomic E-state index is 0.502. The molecule has 0 aliphatic carbocycles. The maximum Gasteiger partial charge on any atom is 0.164 e. The predicted octanol–water partition coefficient (Wildman–Crippen LogP) is 4.20. The number of aromatic nitrogens is 3. The molecule has 2 aromatic carbocycles. The van der Waals surface area contributed by atoms with E-state index in [2.05, 4.69) is 25.8 Å². The lowest BCUT2D eigenvalue weighted by atomic mass is 10.1. The Hall–Kier alpha value is -3.54. The highest BCUT2D eigenvalue weighted by Gasteiger charge is 2.20. The van der Waals surface area contributed by atoms with Gasteiger partial charge in [0.2, 0.25) is 0 Å². The second kappa shape index (κ2) is 6.88. The molecule has 140 valence electrons. The van der Waals surface area contributed by atoms with E-state index in [1.165, 1.54) is 19.2 Å². The van der Waals surface area contributed by atoms with E-state index in [0.29, 0.717) is 5.82 Å². The fraction of sp³-hybridized carbons (Fsp3) is 0.182. The number of fused-ring (bicyclic) bond motifs is 1. The molecule has 1 aliphatic heterocycles. The second-order valence-electron chi connectivity index (χ2n) is 6.95. The average molecular weight is 371 g/mol. The molecule has 0 unspecified atom stereocenters. The van der Waals surface area contributed by atoms with E-state index in [4.69, 9.17) is 10.5 Å². The fourth-order valence-electron chi connectivity index (χ4n) is 3.75. The molecule has 0 amide bonds. The van der Waals surface area contributed by atoms with Crippen LogP contribution in [-0.4, -0.2) is 27.7 Å². The van der Waals surface area contributed by atoms with Gasteiger partial charge in [0, 0.05) is 24.8 Å². The summed E-state index contributed by atoms with van der Waals surface area (Å²) in [5.74, 6) is 2.11. The van der Waals surface area contributed by atoms with Crippen LogP contribution < -0.4 is 15.5 Å². The molecule has 1 aliphatic rings. The van der Waals surface area contributed by atoms with Crippen LogP contribution in [0.1, 0.15) is 12.8 Å². The van der Waals surface area contributed by atoms with Gasteiger partial charge in [-0.25, -0.2) is 14.6 Å². The lowest BCUT2D eigenvalue weighted by Crippen LogP contribution is -2.30. The Morgan fingerprint density at radius 1 is 0.857 bits per heavy atom. The summed E-state index contributed by atoms with van der Waals surface area (Å²) in [6, 6.07) is 17.8. The number of rotatable bonds is 4. The maximum atomic E-state index is 6.23. The lowest BCUT2D eigenvalue weighted by molar-refractivity contribution is 0.483. The largest absolute Gasteiger partial charge is 0.457 e. The van der Waals surface area contributed by atoms with Gasteiger partial charge in [-0.2, -0.15) is 0 Å². The molecule has 6 heteroatoms. The number of benzene rings is 2. The molecular weight excluding hydrogens is 350 g/mol. The summed E-state index contributed by atoms with van der Waals surface area (Å²) in [6.45, 7) is 2.05. The number of hydrogen-bond donors (Lipinski definition) is 1. The van der Waals surface area contributed by atoms with E-state index in [-0.39, 0.29) is 0 Å². The number of nitrogens with zero attached hydrogens (tertiary/aromatic N) is 4. The van der Waals surface area contributed by atoms with Gasteiger partial charge in [0.05, 0.1) is 5.39 Å². The van der Waals surface area contributed by atoms with E-state index in [1.807, 2.05) is 54.6 Å². The lowest BCUT2D eigenvalue weighted by Gasteiger charge is -2.19. The first-order valence-electron chi connectivity index (χ1n) is 9.50. The van der Waals surface area contributed by atoms with Gasteiger partial charge >= 0.3 is 0 Å². The molecule has 6 nitrogen and oxygen atoms in total. The van der Waals surface area contributed by atoms with Gasteiger partial charge in [-0.05, 0) is 42.7 Å². The van der Waals surface area contributed by atoms with Gasteiger partial charge in [-0.1, -0.05) is 30.3 Å². The first kappa shape index (κ1) is 16.6. The van der Waals surface area contributed by atoms with Crippen molar-refractivity contribution in [3.05, 3.63) is 67.1 Å². The SMILES string of the molecule is Nc1ncnc2c1c(-c1ccc(Oc3ccccc3)cc1)cn2N1CCCC1. The number of nitrogens with two attached hydrogens (primary N) is 1. The van der Waals surface area contributed by atoms with Crippen LogP contribution >= 0.6 is 0 Å². The number of nitrogen functional groups attached to an aromatic ring is 1. The van der Waals surface area contributed by atoms with Crippen molar-refractivity contribution in [2.24, 2.45) is 0 Å². The number of para-hydroxylation sites is 1. The zero-order valence-corrected chi connectivity index (χ0v) is 15.5. The molecule has 2 N–H and O–H groups in total. The quantitative estimate of drug-likeness (QED) is 0.582. The number of anilines is 1. The smallest absolute Gasteiger partial charge is 0.164 e. The Labute approximate surface area is 163 Å². The van der Waals surface area contributed by atoms with Gasteiger partial charge in [0.15, 0.2) is 5.65 Å². The van der Waals surface area contributed by atoms with Gasteiger partial charge in [0.1, 0.15) is 23.6 Å². The molecule has 5 rings (SSSR count). The molecule has 2 aromatic heterocycles. The maximum absolute atomic E-state index is 6.23. The van der Waals surface area contributed by atoms with Crippen molar-refractivity contribution >= 4 is 16.9 Å². The number of ether oxygens (including phenoxy) is 1. The van der Waals surface area contributed by atoms with Crippen molar-refractivity contribution < 1.29 is 4.74 Å². The van der Waals surface area contributed by atoms with E-state index in [9.17, 15) is 0 Å². The molecule has 1 saturated heterocycles. The average Bonchev–Trinajstić information content (AvgIpc) is 3.38. The predicted molar refractivity (Wildman–Crippen MR) is 111 cm³/mol. The normalized spacial score (nSPS) is 13.9. The summed E-state index contributed by atoms with van der Waals surface area (Å²) in [4.78, 5) is 8.73. The third-order valence-corrected chi connectivity index (χ3v) is 5.13. The molecule has 0 radical (unpaired) electrons. The molecule has 0 saturated carbocycles. The Kier molecular flexibility index (Phi) is 4.09. The highest BCUT2D eigenvalue weighted by molar-refractivity contribution is 6.00. The summed E-state index contributed by atoms with van der Waals surface area (Å²) in [6.07, 6.45) is 6.04. The third-order valence-electron chi connectivity index (χ3n) is 5.13. The molecule has 0 bridgehead atoms. The van der Waals surface area contributed by atoms with Crippen LogP contribution in [0.15, 0.2) is 67.1 Å². The Morgan fingerprint density at radius 3 is 2.32 bits per heavy atom. The van der Waals surface area contributed by atoms with Crippen LogP contribution in [0, 0.1) is 0 Å². The minimum absolute atomic E-state index is 0.502. The summed E-state index contributed by atoms with van der Waals surface area (Å²) in [5, 5.41) is 3.21. The second-order valence-corrected chi connectivity index (χ2v) is 6.95. The van der Waals surface area contributed by atoms with Gasteiger partial charge < -0.3 is 15.5 Å². The monoisotopic (exact) mass is 371 g/mol. The molecule has 3 heterocycles. The van der Waals surface area contributed by atoms with Crippen LogP contribution in [0.2, 0.25) is 0 Å². The van der Waals surface area contributed by atoms with Crippen LogP contribution in [0.4, 0.5) is 5.82 Å². The van der Waals surface area contributed by atoms with E-state index in [0.717, 1.165) is 46.7 Å². The van der Waals surface area contributed by atoms with Crippen molar-refractivity contribution in [1.29, 1.82) is 0 Å². The minimum Gasteiger partial charge on any atom is -0.457 e. The van der Waals surface area contributed by atoms with E-state index in [1.54, 1.807) is 0 Å². The molecule has 1 fully saturated rings.